The fourth-order valence-electron chi connectivity index (χ4n) is 2.64. The third-order valence-corrected chi connectivity index (χ3v) is 4.23. The second-order valence-corrected chi connectivity index (χ2v) is 6.29. The summed E-state index contributed by atoms with van der Waals surface area (Å²) >= 11 is 0. The fraction of sp³-hybridized carbons (Fsp3) is 0.300. The van der Waals surface area contributed by atoms with Crippen LogP contribution >= 0.6 is 0 Å². The van der Waals surface area contributed by atoms with Crippen molar-refractivity contribution in [2.24, 2.45) is 0 Å². The summed E-state index contributed by atoms with van der Waals surface area (Å²) in [6.45, 7) is 4.84. The molecule has 1 N–H and O–H groups in total. The summed E-state index contributed by atoms with van der Waals surface area (Å²) in [7, 11) is 0. The van der Waals surface area contributed by atoms with Crippen LogP contribution < -0.4 is 5.32 Å². The summed E-state index contributed by atoms with van der Waals surface area (Å²) in [6.07, 6.45) is 0.656. The first kappa shape index (κ1) is 17.3. The zero-order valence-electron chi connectivity index (χ0n) is 14.4. The first-order chi connectivity index (χ1) is 12.1. The molecule has 2 unspecified atom stereocenters. The maximum Gasteiger partial charge on any atom is 0.243 e. The number of hydrogen-bond donors (Lipinski definition) is 1. The van der Waals surface area contributed by atoms with Gasteiger partial charge >= 0.3 is 0 Å². The smallest absolute Gasteiger partial charge is 0.243 e. The van der Waals surface area contributed by atoms with Gasteiger partial charge in [0.05, 0.1) is 6.04 Å². The lowest BCUT2D eigenvalue weighted by Gasteiger charge is -2.15. The zero-order chi connectivity index (χ0) is 17.6. The van der Waals surface area contributed by atoms with Gasteiger partial charge in [0, 0.05) is 13.0 Å². The van der Waals surface area contributed by atoms with Crippen molar-refractivity contribution in [3.8, 4) is 0 Å². The molecule has 0 saturated carbocycles. The van der Waals surface area contributed by atoms with Crippen LogP contribution in [0.5, 0.6) is 0 Å². The minimum absolute atomic E-state index is 0.0417. The zero-order valence-corrected chi connectivity index (χ0v) is 14.4. The highest BCUT2D eigenvalue weighted by atomic mass is 19.1. The van der Waals surface area contributed by atoms with E-state index in [0.717, 1.165) is 17.7 Å². The van der Waals surface area contributed by atoms with Crippen molar-refractivity contribution < 1.29 is 8.91 Å². The molecule has 3 rings (SSSR count). The molecular formula is C20H22FN3O. The number of nitrogens with zero attached hydrogens (tertiary/aromatic N) is 2. The molecule has 0 amide bonds. The third-order valence-electron chi connectivity index (χ3n) is 4.23. The van der Waals surface area contributed by atoms with Gasteiger partial charge in [-0.05, 0) is 36.1 Å². The molecule has 0 fully saturated rings. The Hall–Kier alpha value is -2.53. The van der Waals surface area contributed by atoms with E-state index in [1.54, 1.807) is 0 Å². The number of rotatable bonds is 7. The Morgan fingerprint density at radius 2 is 1.76 bits per heavy atom. The highest BCUT2D eigenvalue weighted by molar-refractivity contribution is 5.20. The fourth-order valence-corrected chi connectivity index (χ4v) is 2.64. The van der Waals surface area contributed by atoms with Crippen molar-refractivity contribution in [1.82, 2.24) is 15.5 Å². The molecule has 5 heteroatoms. The summed E-state index contributed by atoms with van der Waals surface area (Å²) in [5, 5.41) is 7.46. The summed E-state index contributed by atoms with van der Waals surface area (Å²) in [6, 6.07) is 16.6. The average molecular weight is 339 g/mol. The van der Waals surface area contributed by atoms with Crippen molar-refractivity contribution in [3.63, 3.8) is 0 Å². The molecule has 0 radical (unpaired) electrons. The quantitative estimate of drug-likeness (QED) is 0.699. The van der Waals surface area contributed by atoms with Gasteiger partial charge < -0.3 is 9.84 Å². The van der Waals surface area contributed by atoms with Crippen LogP contribution in [0.1, 0.15) is 48.6 Å². The molecule has 0 aliphatic carbocycles. The van der Waals surface area contributed by atoms with Gasteiger partial charge in [-0.3, -0.25) is 0 Å². The summed E-state index contributed by atoms with van der Waals surface area (Å²) in [5.41, 5.74) is 2.25. The monoisotopic (exact) mass is 339 g/mol. The largest absolute Gasteiger partial charge is 0.338 e. The van der Waals surface area contributed by atoms with E-state index in [9.17, 15) is 4.39 Å². The molecule has 4 nitrogen and oxygen atoms in total. The summed E-state index contributed by atoms with van der Waals surface area (Å²) < 4.78 is 18.4. The van der Waals surface area contributed by atoms with Crippen molar-refractivity contribution in [2.75, 3.05) is 6.54 Å². The predicted molar refractivity (Wildman–Crippen MR) is 94.8 cm³/mol. The van der Waals surface area contributed by atoms with Gasteiger partial charge in [0.15, 0.2) is 5.82 Å². The number of nitrogens with one attached hydrogen (secondary N) is 1. The average Bonchev–Trinajstić information content (AvgIpc) is 3.09. The minimum Gasteiger partial charge on any atom is -0.338 e. The number of benzene rings is 2. The van der Waals surface area contributed by atoms with Crippen molar-refractivity contribution in [1.29, 1.82) is 0 Å². The van der Waals surface area contributed by atoms with Crippen LogP contribution in [-0.2, 0) is 6.42 Å². The van der Waals surface area contributed by atoms with Crippen LogP contribution in [0.2, 0.25) is 0 Å². The molecule has 0 bridgehead atoms. The predicted octanol–water partition coefficient (Wildman–Crippen LogP) is 4.25. The van der Waals surface area contributed by atoms with Crippen molar-refractivity contribution in [3.05, 3.63) is 83.3 Å². The first-order valence-corrected chi connectivity index (χ1v) is 8.47. The van der Waals surface area contributed by atoms with Crippen LogP contribution in [0, 0.1) is 5.82 Å². The Bertz CT molecular complexity index is 786. The molecule has 1 heterocycles. The normalized spacial score (nSPS) is 13.6. The molecule has 25 heavy (non-hydrogen) atoms. The van der Waals surface area contributed by atoms with Gasteiger partial charge in [-0.1, -0.05) is 54.5 Å². The lowest BCUT2D eigenvalue weighted by atomic mass is 10.0. The maximum atomic E-state index is 13.0. The Kier molecular flexibility index (Phi) is 5.56. The van der Waals surface area contributed by atoms with E-state index in [1.165, 1.54) is 12.1 Å². The van der Waals surface area contributed by atoms with Gasteiger partial charge in [0.25, 0.3) is 0 Å². The Morgan fingerprint density at radius 3 is 2.48 bits per heavy atom. The third kappa shape index (κ3) is 4.73. The van der Waals surface area contributed by atoms with Crippen LogP contribution in [-0.4, -0.2) is 16.7 Å². The van der Waals surface area contributed by atoms with E-state index in [0.29, 0.717) is 18.1 Å². The molecule has 1 aromatic heterocycles. The van der Waals surface area contributed by atoms with E-state index in [-0.39, 0.29) is 17.8 Å². The highest BCUT2D eigenvalue weighted by Gasteiger charge is 2.15. The van der Waals surface area contributed by atoms with E-state index in [1.807, 2.05) is 49.4 Å². The van der Waals surface area contributed by atoms with E-state index < -0.39 is 0 Å². The number of aromatic nitrogens is 2. The van der Waals surface area contributed by atoms with Crippen molar-refractivity contribution >= 4 is 0 Å². The van der Waals surface area contributed by atoms with Gasteiger partial charge in [-0.15, -0.1) is 0 Å². The first-order valence-electron chi connectivity index (χ1n) is 8.47. The molecule has 130 valence electrons. The maximum absolute atomic E-state index is 13.0. The number of halogens is 1. The molecule has 0 saturated heterocycles. The molecule has 0 spiro atoms. The van der Waals surface area contributed by atoms with Crippen LogP contribution in [0.4, 0.5) is 4.39 Å². The molecule has 2 atom stereocenters. The molecule has 3 aromatic rings. The lowest BCUT2D eigenvalue weighted by molar-refractivity contribution is 0.334. The minimum atomic E-state index is -0.214. The van der Waals surface area contributed by atoms with E-state index in [4.69, 9.17) is 4.52 Å². The van der Waals surface area contributed by atoms with E-state index in [2.05, 4.69) is 22.4 Å². The summed E-state index contributed by atoms with van der Waals surface area (Å²) in [4.78, 5) is 4.48. The Morgan fingerprint density at radius 1 is 1.04 bits per heavy atom. The Labute approximate surface area is 147 Å². The molecular weight excluding hydrogens is 317 g/mol. The van der Waals surface area contributed by atoms with Gasteiger partial charge in [-0.25, -0.2) is 4.39 Å². The van der Waals surface area contributed by atoms with Gasteiger partial charge in [0.2, 0.25) is 5.89 Å². The Balaban J connectivity index is 1.54. The molecule has 2 aromatic carbocycles. The second-order valence-electron chi connectivity index (χ2n) is 6.29. The van der Waals surface area contributed by atoms with E-state index >= 15 is 0 Å². The van der Waals surface area contributed by atoms with Crippen LogP contribution in [0.15, 0.2) is 59.1 Å². The highest BCUT2D eigenvalue weighted by Crippen LogP contribution is 2.17. The second kappa shape index (κ2) is 8.03. The van der Waals surface area contributed by atoms with Crippen LogP contribution in [0.3, 0.4) is 0 Å². The molecule has 0 aliphatic heterocycles. The van der Waals surface area contributed by atoms with Gasteiger partial charge in [-0.2, -0.15) is 4.98 Å². The lowest BCUT2D eigenvalue weighted by Crippen LogP contribution is -2.23. The SMILES string of the molecule is CC(CNC(C)c1nc(Cc2ccccc2)no1)c1ccc(F)cc1. The molecule has 0 aliphatic rings. The topological polar surface area (TPSA) is 51.0 Å². The van der Waals surface area contributed by atoms with Crippen LogP contribution in [0.25, 0.3) is 0 Å². The number of hydrogen-bond acceptors (Lipinski definition) is 4. The van der Waals surface area contributed by atoms with Crippen molar-refractivity contribution in [2.45, 2.75) is 32.2 Å². The summed E-state index contributed by atoms with van der Waals surface area (Å²) in [5.74, 6) is 1.31. The van der Waals surface area contributed by atoms with Gasteiger partial charge in [0.1, 0.15) is 5.82 Å². The standard InChI is InChI=1S/C20H22FN3O/c1-14(17-8-10-18(21)11-9-17)13-22-15(2)20-23-19(24-25-20)12-16-6-4-3-5-7-16/h3-11,14-15,22H,12-13H2,1-2H3.